The molecule has 148 valence electrons. The van der Waals surface area contributed by atoms with Gasteiger partial charge in [-0.3, -0.25) is 4.79 Å². The maximum atomic E-state index is 12.7. The Morgan fingerprint density at radius 3 is 2.31 bits per heavy atom. The van der Waals surface area contributed by atoms with E-state index in [1.807, 2.05) is 36.4 Å². The van der Waals surface area contributed by atoms with Crippen LogP contribution in [0, 0.1) is 0 Å². The molecule has 3 heterocycles. The molecule has 3 aromatic rings. The third kappa shape index (κ3) is 4.51. The second-order valence-corrected chi connectivity index (χ2v) is 6.93. The van der Waals surface area contributed by atoms with Gasteiger partial charge >= 0.3 is 0 Å². The van der Waals surface area contributed by atoms with Crippen LogP contribution in [0.4, 0.5) is 17.5 Å². The number of nitrogens with one attached hydrogen (secondary N) is 1. The van der Waals surface area contributed by atoms with Crippen LogP contribution in [-0.2, 0) is 6.42 Å². The minimum Gasteiger partial charge on any atom is -0.353 e. The second-order valence-electron chi connectivity index (χ2n) is 6.93. The molecular formula is C22H24N6O. The van der Waals surface area contributed by atoms with E-state index in [0.29, 0.717) is 5.56 Å². The van der Waals surface area contributed by atoms with Gasteiger partial charge in [-0.25, -0.2) is 15.0 Å². The summed E-state index contributed by atoms with van der Waals surface area (Å²) in [5.41, 5.74) is 2.64. The van der Waals surface area contributed by atoms with Crippen molar-refractivity contribution in [3.63, 3.8) is 0 Å². The minimum absolute atomic E-state index is 0.130. The van der Waals surface area contributed by atoms with Crippen LogP contribution in [0.5, 0.6) is 0 Å². The molecule has 0 spiro atoms. The maximum Gasteiger partial charge on any atom is 0.255 e. The molecule has 1 amide bonds. The van der Waals surface area contributed by atoms with Gasteiger partial charge in [-0.1, -0.05) is 19.1 Å². The zero-order chi connectivity index (χ0) is 20.1. The molecule has 1 saturated heterocycles. The van der Waals surface area contributed by atoms with Gasteiger partial charge in [0.05, 0.1) is 0 Å². The number of nitrogens with zero attached hydrogens (tertiary/aromatic N) is 5. The quantitative estimate of drug-likeness (QED) is 0.724. The summed E-state index contributed by atoms with van der Waals surface area (Å²) in [6.07, 6.45) is 6.19. The lowest BCUT2D eigenvalue weighted by molar-refractivity contribution is 0.102. The third-order valence-corrected chi connectivity index (χ3v) is 5.07. The first-order chi connectivity index (χ1) is 14.2. The lowest BCUT2D eigenvalue weighted by Gasteiger charge is -2.35. The van der Waals surface area contributed by atoms with E-state index in [2.05, 4.69) is 37.0 Å². The summed E-state index contributed by atoms with van der Waals surface area (Å²) in [7, 11) is 0. The summed E-state index contributed by atoms with van der Waals surface area (Å²) in [4.78, 5) is 30.1. The van der Waals surface area contributed by atoms with Crippen molar-refractivity contribution in [1.82, 2.24) is 15.0 Å². The molecule has 0 radical (unpaired) electrons. The van der Waals surface area contributed by atoms with E-state index >= 15 is 0 Å². The average molecular weight is 388 g/mol. The Morgan fingerprint density at radius 2 is 1.62 bits per heavy atom. The van der Waals surface area contributed by atoms with Crippen LogP contribution >= 0.6 is 0 Å². The normalized spacial score (nSPS) is 14.0. The Kier molecular flexibility index (Phi) is 5.65. The van der Waals surface area contributed by atoms with E-state index in [9.17, 15) is 4.79 Å². The van der Waals surface area contributed by atoms with Crippen molar-refractivity contribution in [2.24, 2.45) is 0 Å². The minimum atomic E-state index is -0.130. The van der Waals surface area contributed by atoms with E-state index < -0.39 is 0 Å². The first kappa shape index (κ1) is 18.9. The smallest absolute Gasteiger partial charge is 0.255 e. The molecular weight excluding hydrogens is 364 g/mol. The Hall–Kier alpha value is -3.48. The summed E-state index contributed by atoms with van der Waals surface area (Å²) in [6.45, 7) is 5.33. The van der Waals surface area contributed by atoms with Gasteiger partial charge in [-0.15, -0.1) is 0 Å². The van der Waals surface area contributed by atoms with E-state index in [-0.39, 0.29) is 5.91 Å². The Labute approximate surface area is 170 Å². The highest BCUT2D eigenvalue weighted by atomic mass is 16.1. The number of aryl methyl sites for hydroxylation is 1. The largest absolute Gasteiger partial charge is 0.353 e. The number of aromatic nitrogens is 3. The van der Waals surface area contributed by atoms with E-state index in [0.717, 1.165) is 50.1 Å². The van der Waals surface area contributed by atoms with Gasteiger partial charge in [-0.05, 0) is 42.3 Å². The molecule has 29 heavy (non-hydrogen) atoms. The second kappa shape index (κ2) is 8.68. The number of carbonyl (C=O) groups is 1. The van der Waals surface area contributed by atoms with Crippen molar-refractivity contribution in [3.8, 4) is 0 Å². The van der Waals surface area contributed by atoms with Gasteiger partial charge in [0, 0.05) is 56.0 Å². The van der Waals surface area contributed by atoms with E-state index in [1.165, 1.54) is 5.56 Å². The zero-order valence-corrected chi connectivity index (χ0v) is 16.5. The van der Waals surface area contributed by atoms with Crippen molar-refractivity contribution in [2.75, 3.05) is 41.3 Å². The van der Waals surface area contributed by atoms with Crippen LogP contribution in [0.1, 0.15) is 22.8 Å². The summed E-state index contributed by atoms with van der Waals surface area (Å²) in [5, 5.41) is 2.96. The number of hydrogen-bond donors (Lipinski definition) is 1. The number of anilines is 3. The maximum absolute atomic E-state index is 12.7. The van der Waals surface area contributed by atoms with Crippen molar-refractivity contribution in [2.45, 2.75) is 13.3 Å². The summed E-state index contributed by atoms with van der Waals surface area (Å²) < 4.78 is 0. The molecule has 0 unspecified atom stereocenters. The van der Waals surface area contributed by atoms with Crippen LogP contribution in [0.15, 0.2) is 61.1 Å². The van der Waals surface area contributed by atoms with Crippen molar-refractivity contribution in [1.29, 1.82) is 0 Å². The average Bonchev–Trinajstić information content (AvgIpc) is 2.80. The fourth-order valence-electron chi connectivity index (χ4n) is 3.35. The van der Waals surface area contributed by atoms with Gasteiger partial charge in [0.1, 0.15) is 5.82 Å². The van der Waals surface area contributed by atoms with E-state index in [4.69, 9.17) is 0 Å². The fourth-order valence-corrected chi connectivity index (χ4v) is 3.35. The number of benzene rings is 1. The molecule has 1 fully saturated rings. The van der Waals surface area contributed by atoms with Crippen LogP contribution in [-0.4, -0.2) is 47.0 Å². The Bertz CT molecular complexity index is 953. The Balaban J connectivity index is 1.40. The summed E-state index contributed by atoms with van der Waals surface area (Å²) >= 11 is 0. The van der Waals surface area contributed by atoms with Crippen LogP contribution < -0.4 is 15.1 Å². The molecule has 1 N–H and O–H groups in total. The van der Waals surface area contributed by atoms with Gasteiger partial charge in [-0.2, -0.15) is 0 Å². The number of hydrogen-bond acceptors (Lipinski definition) is 6. The third-order valence-electron chi connectivity index (χ3n) is 5.07. The van der Waals surface area contributed by atoms with E-state index in [1.54, 1.807) is 24.7 Å². The standard InChI is InChI=1S/C22H24N6O/c1-2-17-4-6-19(7-5-17)26-21(29)18-8-11-23-20(16-18)27-12-14-28(15-13-27)22-24-9-3-10-25-22/h3-11,16H,2,12-15H2,1H3,(H,26,29). The van der Waals surface area contributed by atoms with Gasteiger partial charge in [0.15, 0.2) is 0 Å². The van der Waals surface area contributed by atoms with Crippen LogP contribution in [0.2, 0.25) is 0 Å². The number of pyridine rings is 1. The lowest BCUT2D eigenvalue weighted by Crippen LogP contribution is -2.47. The molecule has 0 bridgehead atoms. The zero-order valence-electron chi connectivity index (χ0n) is 16.5. The monoisotopic (exact) mass is 388 g/mol. The molecule has 0 atom stereocenters. The van der Waals surface area contributed by atoms with Gasteiger partial charge < -0.3 is 15.1 Å². The summed E-state index contributed by atoms with van der Waals surface area (Å²) in [6, 6.07) is 13.3. The molecule has 4 rings (SSSR count). The molecule has 1 aliphatic rings. The molecule has 7 nitrogen and oxygen atoms in total. The number of piperazine rings is 1. The Morgan fingerprint density at radius 1 is 0.931 bits per heavy atom. The predicted octanol–water partition coefficient (Wildman–Crippen LogP) is 3.01. The highest BCUT2D eigenvalue weighted by molar-refractivity contribution is 6.04. The molecule has 1 aliphatic heterocycles. The van der Waals surface area contributed by atoms with Crippen molar-refractivity contribution in [3.05, 3.63) is 72.2 Å². The molecule has 0 saturated carbocycles. The fraction of sp³-hybridized carbons (Fsp3) is 0.273. The van der Waals surface area contributed by atoms with Gasteiger partial charge in [0.2, 0.25) is 5.95 Å². The number of amides is 1. The number of carbonyl (C=O) groups excluding carboxylic acids is 1. The predicted molar refractivity (Wildman–Crippen MR) is 114 cm³/mol. The summed E-state index contributed by atoms with van der Waals surface area (Å²) in [5.74, 6) is 1.43. The highest BCUT2D eigenvalue weighted by Gasteiger charge is 2.20. The van der Waals surface area contributed by atoms with Gasteiger partial charge in [0.25, 0.3) is 5.91 Å². The first-order valence-corrected chi connectivity index (χ1v) is 9.86. The molecule has 0 aliphatic carbocycles. The number of rotatable bonds is 5. The van der Waals surface area contributed by atoms with Crippen molar-refractivity contribution >= 4 is 23.4 Å². The SMILES string of the molecule is CCc1ccc(NC(=O)c2ccnc(N3CCN(c4ncccn4)CC3)c2)cc1. The topological polar surface area (TPSA) is 74.2 Å². The van der Waals surface area contributed by atoms with Crippen molar-refractivity contribution < 1.29 is 4.79 Å². The lowest BCUT2D eigenvalue weighted by atomic mass is 10.1. The van der Waals surface area contributed by atoms with Crippen LogP contribution in [0.3, 0.4) is 0 Å². The molecule has 2 aromatic heterocycles. The highest BCUT2D eigenvalue weighted by Crippen LogP contribution is 2.18. The molecule has 7 heteroatoms. The first-order valence-electron chi connectivity index (χ1n) is 9.86. The molecule has 1 aromatic carbocycles. The van der Waals surface area contributed by atoms with Crippen LogP contribution in [0.25, 0.3) is 0 Å².